The summed E-state index contributed by atoms with van der Waals surface area (Å²) in [6.45, 7) is 6.45. The van der Waals surface area contributed by atoms with E-state index in [-0.39, 0.29) is 0 Å². The molecule has 2 unspecified atom stereocenters. The Hall–Kier alpha value is -1.36. The van der Waals surface area contributed by atoms with Crippen LogP contribution >= 0.6 is 0 Å². The molecular weight excluding hydrogens is 228 g/mol. The third-order valence-electron chi connectivity index (χ3n) is 3.54. The van der Waals surface area contributed by atoms with E-state index >= 15 is 0 Å². The zero-order chi connectivity index (χ0) is 13.0. The molecule has 2 rings (SSSR count). The van der Waals surface area contributed by atoms with Gasteiger partial charge in [-0.3, -0.25) is 4.98 Å². The predicted octanol–water partition coefficient (Wildman–Crippen LogP) is 1.44. The molecule has 1 aliphatic rings. The minimum Gasteiger partial charge on any atom is -0.477 e. The van der Waals surface area contributed by atoms with Crippen molar-refractivity contribution < 1.29 is 4.74 Å². The van der Waals surface area contributed by atoms with Crippen LogP contribution in [0.15, 0.2) is 12.4 Å². The summed E-state index contributed by atoms with van der Waals surface area (Å²) in [7, 11) is 0. The van der Waals surface area contributed by atoms with Gasteiger partial charge in [-0.2, -0.15) is 4.98 Å². The summed E-state index contributed by atoms with van der Waals surface area (Å²) >= 11 is 0. The van der Waals surface area contributed by atoms with E-state index in [4.69, 9.17) is 10.5 Å². The smallest absolute Gasteiger partial charge is 0.234 e. The third kappa shape index (κ3) is 2.72. The van der Waals surface area contributed by atoms with E-state index in [9.17, 15) is 0 Å². The van der Waals surface area contributed by atoms with Crippen LogP contribution in [0.4, 0.5) is 5.82 Å². The average Bonchev–Trinajstić information content (AvgIpc) is 2.39. The van der Waals surface area contributed by atoms with Crippen LogP contribution in [0.2, 0.25) is 0 Å². The second kappa shape index (κ2) is 6.00. The molecular formula is C13H22N4O. The predicted molar refractivity (Wildman–Crippen MR) is 71.8 cm³/mol. The van der Waals surface area contributed by atoms with Crippen molar-refractivity contribution in [3.8, 4) is 5.88 Å². The number of rotatable bonds is 4. The summed E-state index contributed by atoms with van der Waals surface area (Å²) in [5, 5.41) is 0. The van der Waals surface area contributed by atoms with E-state index in [2.05, 4.69) is 21.8 Å². The van der Waals surface area contributed by atoms with Crippen LogP contribution in [0, 0.1) is 5.92 Å². The van der Waals surface area contributed by atoms with Crippen LogP contribution in [-0.4, -0.2) is 35.7 Å². The van der Waals surface area contributed by atoms with Crippen molar-refractivity contribution in [2.75, 3.05) is 24.6 Å². The normalized spacial score (nSPS) is 24.1. The first-order valence-electron chi connectivity index (χ1n) is 6.67. The molecule has 100 valence electrons. The highest BCUT2D eigenvalue weighted by atomic mass is 16.5. The highest BCUT2D eigenvalue weighted by molar-refractivity contribution is 5.40. The first kappa shape index (κ1) is 13.1. The van der Waals surface area contributed by atoms with Gasteiger partial charge in [0.2, 0.25) is 5.88 Å². The molecule has 0 radical (unpaired) electrons. The molecule has 5 heteroatoms. The summed E-state index contributed by atoms with van der Waals surface area (Å²) < 4.78 is 5.40. The van der Waals surface area contributed by atoms with E-state index in [0.29, 0.717) is 31.0 Å². The van der Waals surface area contributed by atoms with Crippen LogP contribution in [0.1, 0.15) is 26.7 Å². The van der Waals surface area contributed by atoms with E-state index in [1.54, 1.807) is 12.4 Å². The van der Waals surface area contributed by atoms with E-state index < -0.39 is 0 Å². The molecule has 1 aliphatic heterocycles. The topological polar surface area (TPSA) is 64.3 Å². The molecule has 2 N–H and O–H groups in total. The fraction of sp³-hybridized carbons (Fsp3) is 0.692. The molecule has 2 atom stereocenters. The van der Waals surface area contributed by atoms with Gasteiger partial charge in [0.15, 0.2) is 5.82 Å². The first-order valence-corrected chi connectivity index (χ1v) is 6.67. The summed E-state index contributed by atoms with van der Waals surface area (Å²) in [6, 6.07) is 0.352. The SMILES string of the molecule is CCOc1cncc(N2CCCC(C)C2CN)n1. The van der Waals surface area contributed by atoms with Gasteiger partial charge in [-0.15, -0.1) is 0 Å². The molecule has 18 heavy (non-hydrogen) atoms. The molecule has 1 aromatic rings. The maximum absolute atomic E-state index is 5.90. The molecule has 0 aliphatic carbocycles. The third-order valence-corrected chi connectivity index (χ3v) is 3.54. The van der Waals surface area contributed by atoms with Gasteiger partial charge in [-0.25, -0.2) is 0 Å². The van der Waals surface area contributed by atoms with Gasteiger partial charge in [0.25, 0.3) is 0 Å². The molecule has 1 saturated heterocycles. The fourth-order valence-corrected chi connectivity index (χ4v) is 2.59. The van der Waals surface area contributed by atoms with Crippen LogP contribution in [0.25, 0.3) is 0 Å². The molecule has 1 fully saturated rings. The van der Waals surface area contributed by atoms with Gasteiger partial charge in [0.1, 0.15) is 0 Å². The van der Waals surface area contributed by atoms with Crippen LogP contribution in [0.5, 0.6) is 5.88 Å². The Labute approximate surface area is 108 Å². The van der Waals surface area contributed by atoms with Crippen molar-refractivity contribution in [2.24, 2.45) is 11.7 Å². The molecule has 0 amide bonds. The number of nitrogens with two attached hydrogens (primary N) is 1. The Morgan fingerprint density at radius 2 is 2.33 bits per heavy atom. The number of aromatic nitrogens is 2. The van der Waals surface area contributed by atoms with E-state index in [1.165, 1.54) is 12.8 Å². The maximum Gasteiger partial charge on any atom is 0.234 e. The second-order valence-corrected chi connectivity index (χ2v) is 4.76. The summed E-state index contributed by atoms with van der Waals surface area (Å²) in [5.41, 5.74) is 5.90. The average molecular weight is 250 g/mol. The van der Waals surface area contributed by atoms with Crippen molar-refractivity contribution in [3.63, 3.8) is 0 Å². The van der Waals surface area contributed by atoms with E-state index in [1.807, 2.05) is 6.92 Å². The molecule has 0 spiro atoms. The Kier molecular flexibility index (Phi) is 4.36. The molecule has 5 nitrogen and oxygen atoms in total. The lowest BCUT2D eigenvalue weighted by molar-refractivity contribution is 0.321. The highest BCUT2D eigenvalue weighted by Gasteiger charge is 2.28. The number of piperidine rings is 1. The standard InChI is InChI=1S/C13H22N4O/c1-3-18-13-9-15-8-12(16-13)17-6-4-5-10(2)11(17)7-14/h8-11H,3-7,14H2,1-2H3. The maximum atomic E-state index is 5.90. The largest absolute Gasteiger partial charge is 0.477 e. The van der Waals surface area contributed by atoms with Gasteiger partial charge in [-0.1, -0.05) is 6.92 Å². The Balaban J connectivity index is 2.20. The lowest BCUT2D eigenvalue weighted by Gasteiger charge is -2.40. The highest BCUT2D eigenvalue weighted by Crippen LogP contribution is 2.27. The van der Waals surface area contributed by atoms with Gasteiger partial charge in [0, 0.05) is 19.1 Å². The van der Waals surface area contributed by atoms with Gasteiger partial charge >= 0.3 is 0 Å². The zero-order valence-electron chi connectivity index (χ0n) is 11.2. The lowest BCUT2D eigenvalue weighted by atomic mass is 9.91. The fourth-order valence-electron chi connectivity index (χ4n) is 2.59. The Bertz CT molecular complexity index is 385. The second-order valence-electron chi connectivity index (χ2n) is 4.76. The number of hydrogen-bond acceptors (Lipinski definition) is 5. The zero-order valence-corrected chi connectivity index (χ0v) is 11.2. The molecule has 1 aromatic heterocycles. The molecule has 2 heterocycles. The quantitative estimate of drug-likeness (QED) is 0.876. The number of nitrogens with zero attached hydrogens (tertiary/aromatic N) is 3. The molecule has 0 aromatic carbocycles. The van der Waals surface area contributed by atoms with Crippen molar-refractivity contribution in [2.45, 2.75) is 32.7 Å². The first-order chi connectivity index (χ1) is 8.76. The molecule has 0 bridgehead atoms. The van der Waals surface area contributed by atoms with Crippen LogP contribution in [0.3, 0.4) is 0 Å². The molecule has 0 saturated carbocycles. The van der Waals surface area contributed by atoms with Crippen molar-refractivity contribution in [1.82, 2.24) is 9.97 Å². The number of anilines is 1. The monoisotopic (exact) mass is 250 g/mol. The van der Waals surface area contributed by atoms with Gasteiger partial charge < -0.3 is 15.4 Å². The minimum atomic E-state index is 0.352. The van der Waals surface area contributed by atoms with Crippen LogP contribution in [-0.2, 0) is 0 Å². The Morgan fingerprint density at radius 3 is 3.06 bits per heavy atom. The summed E-state index contributed by atoms with van der Waals surface area (Å²) in [5.74, 6) is 2.06. The lowest BCUT2D eigenvalue weighted by Crippen LogP contribution is -2.49. The van der Waals surface area contributed by atoms with Gasteiger partial charge in [0.05, 0.1) is 19.0 Å². The van der Waals surface area contributed by atoms with E-state index in [0.717, 1.165) is 12.4 Å². The number of hydrogen-bond donors (Lipinski definition) is 1. The Morgan fingerprint density at radius 1 is 1.50 bits per heavy atom. The van der Waals surface area contributed by atoms with Crippen molar-refractivity contribution in [1.29, 1.82) is 0 Å². The van der Waals surface area contributed by atoms with Crippen molar-refractivity contribution in [3.05, 3.63) is 12.4 Å². The van der Waals surface area contributed by atoms with Crippen LogP contribution < -0.4 is 15.4 Å². The summed E-state index contributed by atoms with van der Waals surface area (Å²) in [4.78, 5) is 11.0. The van der Waals surface area contributed by atoms with Crippen molar-refractivity contribution >= 4 is 5.82 Å². The number of ether oxygens (including phenoxy) is 1. The minimum absolute atomic E-state index is 0.352. The summed E-state index contributed by atoms with van der Waals surface area (Å²) in [6.07, 6.45) is 5.86. The van der Waals surface area contributed by atoms with Gasteiger partial charge in [-0.05, 0) is 25.7 Å².